The van der Waals surface area contributed by atoms with Crippen molar-refractivity contribution in [3.05, 3.63) is 51.4 Å². The number of nitrogens with one attached hydrogen (secondary N) is 2. The summed E-state index contributed by atoms with van der Waals surface area (Å²) in [6, 6.07) is 4.53. The number of aryl methyl sites for hydroxylation is 3. The molecule has 0 saturated heterocycles. The number of aromatic nitrogens is 5. The number of hydrogen-bond donors (Lipinski definition) is 2. The second-order valence-electron chi connectivity index (χ2n) is 5.07. The van der Waals surface area contributed by atoms with Crippen LogP contribution in [0.15, 0.2) is 27.5 Å². The molecule has 23 heavy (non-hydrogen) atoms. The Morgan fingerprint density at radius 3 is 2.48 bits per heavy atom. The monoisotopic (exact) mass is 314 g/mol. The number of hydrogen-bond acceptors (Lipinski definition) is 6. The normalized spacial score (nSPS) is 10.7. The van der Waals surface area contributed by atoms with E-state index >= 15 is 0 Å². The van der Waals surface area contributed by atoms with E-state index in [0.717, 1.165) is 16.1 Å². The fraction of sp³-hybridized carbons (Fsp3) is 0.214. The lowest BCUT2D eigenvalue weighted by Crippen LogP contribution is -2.17. The van der Waals surface area contributed by atoms with Gasteiger partial charge >= 0.3 is 0 Å². The van der Waals surface area contributed by atoms with Gasteiger partial charge in [-0.3, -0.25) is 14.7 Å². The molecule has 0 saturated carbocycles. The minimum atomic E-state index is -0.515. The van der Waals surface area contributed by atoms with Crippen LogP contribution in [0.25, 0.3) is 5.95 Å². The lowest BCUT2D eigenvalue weighted by molar-refractivity contribution is 0.102. The number of amides is 1. The Labute approximate surface area is 130 Å². The van der Waals surface area contributed by atoms with Crippen molar-refractivity contribution >= 4 is 11.7 Å². The Kier molecular flexibility index (Phi) is 3.53. The van der Waals surface area contributed by atoms with Gasteiger partial charge in [0.1, 0.15) is 11.5 Å². The summed E-state index contributed by atoms with van der Waals surface area (Å²) in [5.41, 5.74) is 1.08. The molecule has 3 aromatic rings. The van der Waals surface area contributed by atoms with Crippen molar-refractivity contribution in [1.82, 2.24) is 24.9 Å². The molecule has 3 heterocycles. The zero-order valence-electron chi connectivity index (χ0n) is 12.7. The van der Waals surface area contributed by atoms with Crippen molar-refractivity contribution in [3.63, 3.8) is 0 Å². The van der Waals surface area contributed by atoms with Gasteiger partial charge in [0.25, 0.3) is 17.4 Å². The van der Waals surface area contributed by atoms with E-state index in [2.05, 4.69) is 25.5 Å². The van der Waals surface area contributed by atoms with Crippen LogP contribution in [0.1, 0.15) is 27.6 Å². The highest BCUT2D eigenvalue weighted by molar-refractivity contribution is 6.02. The highest BCUT2D eigenvalue weighted by Crippen LogP contribution is 2.09. The number of nitrogens with zero attached hydrogens (tertiary/aromatic N) is 4. The van der Waals surface area contributed by atoms with Gasteiger partial charge in [0.2, 0.25) is 0 Å². The zero-order chi connectivity index (χ0) is 16.6. The molecule has 0 aromatic carbocycles. The van der Waals surface area contributed by atoms with E-state index < -0.39 is 11.5 Å². The molecule has 9 heteroatoms. The van der Waals surface area contributed by atoms with Crippen LogP contribution in [0.3, 0.4) is 0 Å². The fourth-order valence-corrected chi connectivity index (χ4v) is 2.08. The molecular formula is C14H14N6O3. The standard InChI is InChI=1S/C14H14N6O3/c1-7-4-8(2)16-14(15-7)20-12(21)6-10(18-20)13(22)17-11-5-9(3)23-19-11/h4-6,18H,1-3H3,(H,17,19,22). The van der Waals surface area contributed by atoms with Crippen LogP contribution >= 0.6 is 0 Å². The number of H-pyrrole nitrogens is 1. The van der Waals surface area contributed by atoms with Gasteiger partial charge in [0, 0.05) is 23.5 Å². The van der Waals surface area contributed by atoms with Gasteiger partial charge in [-0.1, -0.05) is 5.16 Å². The lowest BCUT2D eigenvalue weighted by atomic mass is 10.4. The van der Waals surface area contributed by atoms with Gasteiger partial charge in [-0.25, -0.2) is 9.97 Å². The summed E-state index contributed by atoms with van der Waals surface area (Å²) in [7, 11) is 0. The number of aromatic amines is 1. The van der Waals surface area contributed by atoms with Crippen LogP contribution in [0, 0.1) is 20.8 Å². The summed E-state index contributed by atoms with van der Waals surface area (Å²) in [4.78, 5) is 32.6. The van der Waals surface area contributed by atoms with Gasteiger partial charge < -0.3 is 9.84 Å². The largest absolute Gasteiger partial charge is 0.360 e. The first kappa shape index (κ1) is 14.7. The van der Waals surface area contributed by atoms with Crippen LogP contribution in [-0.4, -0.2) is 30.8 Å². The lowest BCUT2D eigenvalue weighted by Gasteiger charge is -2.03. The van der Waals surface area contributed by atoms with Crippen molar-refractivity contribution < 1.29 is 9.32 Å². The molecule has 0 atom stereocenters. The van der Waals surface area contributed by atoms with E-state index in [1.54, 1.807) is 32.9 Å². The minimum Gasteiger partial charge on any atom is -0.360 e. The molecule has 0 unspecified atom stereocenters. The Balaban J connectivity index is 1.91. The van der Waals surface area contributed by atoms with Gasteiger partial charge in [0.15, 0.2) is 5.82 Å². The second-order valence-corrected chi connectivity index (χ2v) is 5.07. The Morgan fingerprint density at radius 2 is 1.87 bits per heavy atom. The first-order valence-corrected chi connectivity index (χ1v) is 6.82. The van der Waals surface area contributed by atoms with E-state index in [4.69, 9.17) is 4.52 Å². The van der Waals surface area contributed by atoms with Crippen molar-refractivity contribution in [2.45, 2.75) is 20.8 Å². The molecule has 0 spiro atoms. The first-order valence-electron chi connectivity index (χ1n) is 6.82. The first-order chi connectivity index (χ1) is 10.9. The molecule has 0 radical (unpaired) electrons. The predicted molar refractivity (Wildman–Crippen MR) is 80.6 cm³/mol. The van der Waals surface area contributed by atoms with Gasteiger partial charge in [0.05, 0.1) is 0 Å². The number of carbonyl (C=O) groups excluding carboxylic acids is 1. The third-order valence-electron chi connectivity index (χ3n) is 3.01. The molecule has 2 N–H and O–H groups in total. The van der Waals surface area contributed by atoms with Gasteiger partial charge in [-0.05, 0) is 26.8 Å². The molecule has 0 aliphatic rings. The maximum Gasteiger partial charge on any atom is 0.275 e. The maximum atomic E-state index is 12.1. The minimum absolute atomic E-state index is 0.0680. The topological polar surface area (TPSA) is 119 Å². The smallest absolute Gasteiger partial charge is 0.275 e. The van der Waals surface area contributed by atoms with E-state index in [-0.39, 0.29) is 17.5 Å². The maximum absolute atomic E-state index is 12.1. The molecule has 0 bridgehead atoms. The molecular weight excluding hydrogens is 300 g/mol. The molecule has 118 valence electrons. The van der Waals surface area contributed by atoms with E-state index in [1.807, 2.05) is 0 Å². The van der Waals surface area contributed by atoms with Crippen molar-refractivity contribution in [2.24, 2.45) is 0 Å². The number of rotatable bonds is 3. The summed E-state index contributed by atoms with van der Waals surface area (Å²) in [5.74, 6) is 0.501. The summed E-state index contributed by atoms with van der Waals surface area (Å²) < 4.78 is 5.98. The summed E-state index contributed by atoms with van der Waals surface area (Å²) in [6.45, 7) is 5.30. The van der Waals surface area contributed by atoms with E-state index in [9.17, 15) is 9.59 Å². The molecule has 1 amide bonds. The van der Waals surface area contributed by atoms with Crippen LogP contribution in [0.4, 0.5) is 5.82 Å². The van der Waals surface area contributed by atoms with Crippen LogP contribution in [-0.2, 0) is 0 Å². The summed E-state index contributed by atoms with van der Waals surface area (Å²) >= 11 is 0. The van der Waals surface area contributed by atoms with Crippen LogP contribution in [0.2, 0.25) is 0 Å². The summed E-state index contributed by atoms with van der Waals surface area (Å²) in [6.07, 6.45) is 0. The fourth-order valence-electron chi connectivity index (χ4n) is 2.08. The van der Waals surface area contributed by atoms with Crippen LogP contribution < -0.4 is 10.9 Å². The molecule has 0 fully saturated rings. The average molecular weight is 314 g/mol. The predicted octanol–water partition coefficient (Wildman–Crippen LogP) is 1.12. The van der Waals surface area contributed by atoms with Crippen molar-refractivity contribution in [2.75, 3.05) is 5.32 Å². The summed E-state index contributed by atoms with van der Waals surface area (Å²) in [5, 5.41) is 8.87. The quantitative estimate of drug-likeness (QED) is 0.747. The van der Waals surface area contributed by atoms with Gasteiger partial charge in [-0.15, -0.1) is 0 Å². The van der Waals surface area contributed by atoms with Crippen LogP contribution in [0.5, 0.6) is 0 Å². The number of carbonyl (C=O) groups is 1. The zero-order valence-corrected chi connectivity index (χ0v) is 12.7. The van der Waals surface area contributed by atoms with Gasteiger partial charge in [-0.2, -0.15) is 4.68 Å². The van der Waals surface area contributed by atoms with E-state index in [1.165, 1.54) is 6.07 Å². The van der Waals surface area contributed by atoms with Crippen molar-refractivity contribution in [1.29, 1.82) is 0 Å². The Bertz CT molecular complexity index is 916. The molecule has 9 nitrogen and oxygen atoms in total. The Morgan fingerprint density at radius 1 is 1.17 bits per heavy atom. The SMILES string of the molecule is Cc1cc(C)nc(-n2[nH]c(C(=O)Nc3cc(C)on3)cc2=O)n1. The Hall–Kier alpha value is -3.23. The second kappa shape index (κ2) is 5.52. The highest BCUT2D eigenvalue weighted by atomic mass is 16.5. The van der Waals surface area contributed by atoms with E-state index in [0.29, 0.717) is 5.76 Å². The molecule has 0 aliphatic heterocycles. The third kappa shape index (κ3) is 3.03. The third-order valence-corrected chi connectivity index (χ3v) is 3.01. The molecule has 3 rings (SSSR count). The number of anilines is 1. The molecule has 3 aromatic heterocycles. The van der Waals surface area contributed by atoms with Crippen molar-refractivity contribution in [3.8, 4) is 5.95 Å². The highest BCUT2D eigenvalue weighted by Gasteiger charge is 2.15. The average Bonchev–Trinajstić information content (AvgIpc) is 3.04. The molecule has 0 aliphatic carbocycles.